The third-order valence-corrected chi connectivity index (χ3v) is 6.85. The third-order valence-electron chi connectivity index (χ3n) is 6.63. The lowest BCUT2D eigenvalue weighted by molar-refractivity contribution is 0.305. The lowest BCUT2D eigenvalue weighted by atomic mass is 9.89. The molecule has 2 aliphatic rings. The van der Waals surface area contributed by atoms with Crippen molar-refractivity contribution in [1.29, 1.82) is 5.26 Å². The van der Waals surface area contributed by atoms with Gasteiger partial charge in [-0.2, -0.15) is 5.26 Å². The van der Waals surface area contributed by atoms with Gasteiger partial charge in [0.05, 0.1) is 22.5 Å². The maximum absolute atomic E-state index is 13.9. The predicted molar refractivity (Wildman–Crippen MR) is 129 cm³/mol. The normalized spacial score (nSPS) is 16.3. The zero-order valence-electron chi connectivity index (χ0n) is 18.6. The molecule has 1 aliphatic heterocycles. The largest absolute Gasteiger partial charge is 0.488 e. The minimum atomic E-state index is -0.363. The second-order valence-corrected chi connectivity index (χ2v) is 9.44. The number of allylic oxidation sites excluding steroid dienone is 1. The van der Waals surface area contributed by atoms with Gasteiger partial charge in [-0.25, -0.2) is 9.37 Å². The molecule has 6 heteroatoms. The summed E-state index contributed by atoms with van der Waals surface area (Å²) in [6, 6.07) is 16.9. The van der Waals surface area contributed by atoms with Crippen LogP contribution in [0.15, 0.2) is 60.3 Å². The van der Waals surface area contributed by atoms with Gasteiger partial charge in [-0.1, -0.05) is 29.8 Å². The van der Waals surface area contributed by atoms with Gasteiger partial charge < -0.3 is 9.14 Å². The van der Waals surface area contributed by atoms with Crippen molar-refractivity contribution < 1.29 is 9.13 Å². The summed E-state index contributed by atoms with van der Waals surface area (Å²) in [7, 11) is 0. The first-order valence-electron chi connectivity index (χ1n) is 11.3. The van der Waals surface area contributed by atoms with Crippen molar-refractivity contribution in [2.75, 3.05) is 0 Å². The van der Waals surface area contributed by atoms with E-state index in [1.807, 2.05) is 18.3 Å². The lowest BCUT2D eigenvalue weighted by Crippen LogP contribution is -2.02. The fraction of sp³-hybridized carbons (Fsp3) is 0.214. The highest BCUT2D eigenvalue weighted by Gasteiger charge is 2.30. The van der Waals surface area contributed by atoms with E-state index in [2.05, 4.69) is 28.7 Å². The van der Waals surface area contributed by atoms with Crippen LogP contribution in [0.4, 0.5) is 4.39 Å². The molecule has 0 saturated heterocycles. The standard InChI is InChI=1S/C28H21ClFN3O/c1-16(13-31)27-22-7-2-17(10-19(22)15-34-25-12-21(30)6-8-23(25)27)11-24-28(18-3-4-18)32-26-9-5-20(29)14-33(24)26/h2,5-10,12,14,18H,3-4,11,15H2,1H3/b27-16+. The van der Waals surface area contributed by atoms with Crippen LogP contribution in [0.5, 0.6) is 5.75 Å². The van der Waals surface area contributed by atoms with E-state index in [-0.39, 0.29) is 5.82 Å². The predicted octanol–water partition coefficient (Wildman–Crippen LogP) is 6.83. The first-order chi connectivity index (χ1) is 16.5. The maximum Gasteiger partial charge on any atom is 0.137 e. The molecule has 0 amide bonds. The molecule has 0 radical (unpaired) electrons. The zero-order chi connectivity index (χ0) is 23.4. The Morgan fingerprint density at radius 3 is 2.79 bits per heavy atom. The van der Waals surface area contributed by atoms with Gasteiger partial charge >= 0.3 is 0 Å². The summed E-state index contributed by atoms with van der Waals surface area (Å²) in [6.45, 7) is 2.09. The number of nitrogens with zero attached hydrogens (tertiary/aromatic N) is 3. The molecule has 2 aromatic carbocycles. The van der Waals surface area contributed by atoms with E-state index in [9.17, 15) is 9.65 Å². The van der Waals surface area contributed by atoms with E-state index in [0.29, 0.717) is 35.3 Å². The minimum absolute atomic E-state index is 0.302. The summed E-state index contributed by atoms with van der Waals surface area (Å²) < 4.78 is 22.0. The Hall–Kier alpha value is -3.62. The number of fused-ring (bicyclic) bond motifs is 3. The Morgan fingerprint density at radius 2 is 2.00 bits per heavy atom. The van der Waals surface area contributed by atoms with Crippen LogP contribution in [0, 0.1) is 17.1 Å². The Labute approximate surface area is 201 Å². The highest BCUT2D eigenvalue weighted by Crippen LogP contribution is 2.43. The summed E-state index contributed by atoms with van der Waals surface area (Å²) in [5, 5.41) is 10.4. The first kappa shape index (κ1) is 20.9. The van der Waals surface area contributed by atoms with Gasteiger partial charge in [0.15, 0.2) is 0 Å². The molecule has 3 heterocycles. The van der Waals surface area contributed by atoms with Gasteiger partial charge in [0.25, 0.3) is 0 Å². The Kier molecular flexibility index (Phi) is 4.93. The molecule has 168 valence electrons. The van der Waals surface area contributed by atoms with Crippen molar-refractivity contribution in [3.05, 3.63) is 105 Å². The molecule has 0 N–H and O–H groups in total. The number of imidazole rings is 1. The third kappa shape index (κ3) is 3.55. The SMILES string of the molecule is C/C(C#N)=C1/c2ccc(Cc3c(C4CC4)nc4ccc(Cl)cn34)cc2COc2cc(F)ccc21. The fourth-order valence-electron chi connectivity index (χ4n) is 4.84. The Bertz CT molecular complexity index is 1540. The van der Waals surface area contributed by atoms with Gasteiger partial charge in [0.1, 0.15) is 23.8 Å². The highest BCUT2D eigenvalue weighted by molar-refractivity contribution is 6.30. The zero-order valence-corrected chi connectivity index (χ0v) is 19.4. The topological polar surface area (TPSA) is 50.3 Å². The second-order valence-electron chi connectivity index (χ2n) is 9.00. The number of ether oxygens (including phenoxy) is 1. The molecule has 0 atom stereocenters. The van der Waals surface area contributed by atoms with E-state index >= 15 is 0 Å². The van der Waals surface area contributed by atoms with E-state index in [4.69, 9.17) is 21.3 Å². The van der Waals surface area contributed by atoms with Crippen LogP contribution in [-0.2, 0) is 13.0 Å². The number of pyridine rings is 1. The summed E-state index contributed by atoms with van der Waals surface area (Å²) >= 11 is 6.30. The highest BCUT2D eigenvalue weighted by atomic mass is 35.5. The maximum atomic E-state index is 13.9. The molecule has 1 aliphatic carbocycles. The molecule has 34 heavy (non-hydrogen) atoms. The number of halogens is 2. The van der Waals surface area contributed by atoms with Gasteiger partial charge in [0.2, 0.25) is 0 Å². The monoisotopic (exact) mass is 469 g/mol. The molecule has 4 aromatic rings. The summed E-state index contributed by atoms with van der Waals surface area (Å²) in [5.41, 5.74) is 8.34. The number of hydrogen-bond donors (Lipinski definition) is 0. The number of benzene rings is 2. The van der Waals surface area contributed by atoms with Crippen LogP contribution in [0.1, 0.15) is 59.3 Å². The van der Waals surface area contributed by atoms with Crippen molar-refractivity contribution in [3.63, 3.8) is 0 Å². The van der Waals surface area contributed by atoms with Crippen LogP contribution in [0.2, 0.25) is 5.02 Å². The Morgan fingerprint density at radius 1 is 1.18 bits per heavy atom. The van der Waals surface area contributed by atoms with Crippen LogP contribution < -0.4 is 4.74 Å². The van der Waals surface area contributed by atoms with Crippen molar-refractivity contribution in [3.8, 4) is 11.8 Å². The summed E-state index contributed by atoms with van der Waals surface area (Å²) in [6.07, 6.45) is 4.97. The number of rotatable bonds is 3. The molecular formula is C28H21ClFN3O. The Balaban J connectivity index is 1.45. The van der Waals surface area contributed by atoms with Crippen LogP contribution >= 0.6 is 11.6 Å². The van der Waals surface area contributed by atoms with E-state index in [0.717, 1.165) is 44.9 Å². The van der Waals surface area contributed by atoms with Crippen molar-refractivity contribution >= 4 is 22.8 Å². The summed E-state index contributed by atoms with van der Waals surface area (Å²) in [4.78, 5) is 4.90. The molecule has 1 saturated carbocycles. The fourth-order valence-corrected chi connectivity index (χ4v) is 5.00. The van der Waals surface area contributed by atoms with Gasteiger partial charge in [-0.05, 0) is 60.7 Å². The molecule has 0 unspecified atom stereocenters. The van der Waals surface area contributed by atoms with Gasteiger partial charge in [0, 0.05) is 41.3 Å². The van der Waals surface area contributed by atoms with Gasteiger partial charge in [-0.3, -0.25) is 0 Å². The van der Waals surface area contributed by atoms with Crippen LogP contribution in [0.3, 0.4) is 0 Å². The van der Waals surface area contributed by atoms with Crippen molar-refractivity contribution in [2.24, 2.45) is 0 Å². The lowest BCUT2D eigenvalue weighted by Gasteiger charge is -2.13. The molecule has 1 fully saturated rings. The van der Waals surface area contributed by atoms with Crippen LogP contribution in [-0.4, -0.2) is 9.38 Å². The first-order valence-corrected chi connectivity index (χ1v) is 11.7. The molecule has 4 nitrogen and oxygen atoms in total. The average Bonchev–Trinajstić information content (AvgIpc) is 3.64. The van der Waals surface area contributed by atoms with E-state index in [1.165, 1.54) is 25.0 Å². The number of hydrogen-bond acceptors (Lipinski definition) is 3. The molecule has 6 rings (SSSR count). The smallest absolute Gasteiger partial charge is 0.137 e. The molecular weight excluding hydrogens is 449 g/mol. The molecule has 0 bridgehead atoms. The van der Waals surface area contributed by atoms with Crippen LogP contribution in [0.25, 0.3) is 11.2 Å². The summed E-state index contributed by atoms with van der Waals surface area (Å²) in [5.74, 6) is 0.600. The minimum Gasteiger partial charge on any atom is -0.488 e. The van der Waals surface area contributed by atoms with E-state index < -0.39 is 0 Å². The van der Waals surface area contributed by atoms with E-state index in [1.54, 1.807) is 13.0 Å². The molecule has 2 aromatic heterocycles. The number of aromatic nitrogens is 2. The van der Waals surface area contributed by atoms with Crippen molar-refractivity contribution in [2.45, 2.75) is 38.7 Å². The van der Waals surface area contributed by atoms with Gasteiger partial charge in [-0.15, -0.1) is 0 Å². The van der Waals surface area contributed by atoms with Crippen molar-refractivity contribution in [1.82, 2.24) is 9.38 Å². The number of nitriles is 1. The second kappa shape index (κ2) is 8.00. The molecule has 0 spiro atoms. The average molecular weight is 470 g/mol. The quantitative estimate of drug-likeness (QED) is 0.309.